The molecule has 0 saturated heterocycles. The topological polar surface area (TPSA) is 88.4 Å². The lowest BCUT2D eigenvalue weighted by molar-refractivity contribution is 0.581. The van der Waals surface area contributed by atoms with Crippen molar-refractivity contribution >= 4 is 46.4 Å². The quantitative estimate of drug-likeness (QED) is 0.440. The maximum Gasteiger partial charge on any atom is 0.211 e. The van der Waals surface area contributed by atoms with Crippen LogP contribution in [0, 0.1) is 0 Å². The van der Waals surface area contributed by atoms with Gasteiger partial charge < -0.3 is 5.32 Å². The van der Waals surface area contributed by atoms with Gasteiger partial charge in [0.1, 0.15) is 13.7 Å². The minimum atomic E-state index is -3.24. The third-order valence-corrected chi connectivity index (χ3v) is 5.79. The van der Waals surface area contributed by atoms with Crippen molar-refractivity contribution in [2.45, 2.75) is 13.3 Å². The lowest BCUT2D eigenvalue weighted by Gasteiger charge is -2.12. The summed E-state index contributed by atoms with van der Waals surface area (Å²) in [7, 11) is 2.73. The first-order chi connectivity index (χ1) is 12.9. The fourth-order valence-corrected chi connectivity index (χ4v) is 3.98. The first-order valence-electron chi connectivity index (χ1n) is 8.51. The van der Waals surface area contributed by atoms with Crippen LogP contribution in [0.3, 0.4) is 0 Å². The van der Waals surface area contributed by atoms with E-state index in [1.807, 2.05) is 25.1 Å². The molecule has 2 N–H and O–H groups in total. The summed E-state index contributed by atoms with van der Waals surface area (Å²) in [6.07, 6.45) is 2.09. The van der Waals surface area contributed by atoms with Crippen molar-refractivity contribution in [2.24, 2.45) is 0 Å². The molecule has 2 aromatic heterocycles. The maximum absolute atomic E-state index is 11.7. The van der Waals surface area contributed by atoms with Crippen LogP contribution in [0.1, 0.15) is 13.3 Å². The number of halogens is 1. The second kappa shape index (κ2) is 8.29. The first kappa shape index (κ1) is 19.7. The minimum Gasteiger partial charge on any atom is -0.369 e. The van der Waals surface area contributed by atoms with E-state index in [1.165, 1.54) is 6.20 Å². The van der Waals surface area contributed by atoms with Crippen LogP contribution in [0.15, 0.2) is 36.5 Å². The largest absolute Gasteiger partial charge is 0.369 e. The van der Waals surface area contributed by atoms with Crippen LogP contribution in [0.4, 0.5) is 5.82 Å². The molecular weight excluding hydrogens is 385 g/mol. The summed E-state index contributed by atoms with van der Waals surface area (Å²) in [4.78, 5) is 4.56. The Labute approximate surface area is 164 Å². The maximum atomic E-state index is 11.7. The van der Waals surface area contributed by atoms with Gasteiger partial charge in [-0.15, -0.1) is 0 Å². The Kier molecular flexibility index (Phi) is 6.03. The fourth-order valence-electron chi connectivity index (χ4n) is 2.65. The molecule has 0 aliphatic heterocycles. The lowest BCUT2D eigenvalue weighted by atomic mass is 10.0. The van der Waals surface area contributed by atoms with Gasteiger partial charge in [0.15, 0.2) is 5.65 Å². The summed E-state index contributed by atoms with van der Waals surface area (Å²) < 4.78 is 27.6. The van der Waals surface area contributed by atoms with Crippen molar-refractivity contribution in [2.75, 3.05) is 24.2 Å². The number of nitrogens with zero attached hydrogens (tertiary/aromatic N) is 3. The highest BCUT2D eigenvalue weighted by molar-refractivity contribution is 7.89. The molecule has 0 atom stereocenters. The van der Waals surface area contributed by atoms with E-state index in [9.17, 15) is 8.42 Å². The third-order valence-electron chi connectivity index (χ3n) is 3.87. The van der Waals surface area contributed by atoms with Crippen LogP contribution in [0.2, 0.25) is 5.02 Å². The Balaban J connectivity index is 1.85. The highest BCUT2D eigenvalue weighted by Gasteiger charge is 2.13. The number of sulfonamides is 1. The second-order valence-corrected chi connectivity index (χ2v) is 8.32. The molecule has 0 bridgehead atoms. The molecule has 0 unspecified atom stereocenters. The SMILES string of the molecule is [B]c1cnn2c(NCCNS(=O)(=O)CCC)cc(-c3ccccc3Cl)nc12. The van der Waals surface area contributed by atoms with Gasteiger partial charge in [-0.2, -0.15) is 9.61 Å². The number of aromatic nitrogens is 3. The number of fused-ring (bicyclic) bond motifs is 1. The molecule has 2 heterocycles. The summed E-state index contributed by atoms with van der Waals surface area (Å²) in [6, 6.07) is 9.19. The van der Waals surface area contributed by atoms with E-state index in [1.54, 1.807) is 16.6 Å². The molecule has 0 saturated carbocycles. The van der Waals surface area contributed by atoms with Gasteiger partial charge in [0, 0.05) is 35.9 Å². The van der Waals surface area contributed by atoms with Crippen molar-refractivity contribution in [3.05, 3.63) is 41.6 Å². The molecule has 3 rings (SSSR count). The van der Waals surface area contributed by atoms with Gasteiger partial charge in [-0.05, 0) is 17.9 Å². The zero-order chi connectivity index (χ0) is 19.4. The van der Waals surface area contributed by atoms with E-state index in [4.69, 9.17) is 19.4 Å². The van der Waals surface area contributed by atoms with E-state index in [-0.39, 0.29) is 12.3 Å². The Morgan fingerprint density at radius 3 is 2.78 bits per heavy atom. The van der Waals surface area contributed by atoms with Gasteiger partial charge in [0.25, 0.3) is 0 Å². The number of anilines is 1. The van der Waals surface area contributed by atoms with E-state index in [2.05, 4.69) is 20.1 Å². The van der Waals surface area contributed by atoms with Crippen LogP contribution in [-0.4, -0.2) is 49.7 Å². The summed E-state index contributed by atoms with van der Waals surface area (Å²) in [5, 5.41) is 7.98. The Morgan fingerprint density at radius 2 is 2.04 bits per heavy atom. The van der Waals surface area contributed by atoms with Gasteiger partial charge >= 0.3 is 0 Å². The van der Waals surface area contributed by atoms with Crippen LogP contribution in [0.5, 0.6) is 0 Å². The Bertz CT molecular complexity index is 1050. The number of hydrogen-bond acceptors (Lipinski definition) is 5. The van der Waals surface area contributed by atoms with E-state index in [0.29, 0.717) is 40.6 Å². The molecule has 1 aromatic carbocycles. The van der Waals surface area contributed by atoms with Gasteiger partial charge in [-0.25, -0.2) is 18.1 Å². The summed E-state index contributed by atoms with van der Waals surface area (Å²) >= 11 is 6.29. The monoisotopic (exact) mass is 403 g/mol. The highest BCUT2D eigenvalue weighted by Crippen LogP contribution is 2.28. The Morgan fingerprint density at radius 1 is 1.26 bits per heavy atom. The molecule has 27 heavy (non-hydrogen) atoms. The molecule has 10 heteroatoms. The molecule has 0 aliphatic carbocycles. The van der Waals surface area contributed by atoms with Crippen molar-refractivity contribution < 1.29 is 8.42 Å². The van der Waals surface area contributed by atoms with Crippen molar-refractivity contribution in [1.29, 1.82) is 0 Å². The number of nitrogens with one attached hydrogen (secondary N) is 2. The average Bonchev–Trinajstić information content (AvgIpc) is 3.00. The van der Waals surface area contributed by atoms with Gasteiger partial charge in [-0.1, -0.05) is 36.7 Å². The van der Waals surface area contributed by atoms with Crippen molar-refractivity contribution in [3.8, 4) is 11.3 Å². The van der Waals surface area contributed by atoms with Crippen LogP contribution in [0.25, 0.3) is 16.9 Å². The van der Waals surface area contributed by atoms with E-state index < -0.39 is 10.0 Å². The van der Waals surface area contributed by atoms with Gasteiger partial charge in [0.2, 0.25) is 10.0 Å². The van der Waals surface area contributed by atoms with Crippen LogP contribution < -0.4 is 15.5 Å². The molecule has 7 nitrogen and oxygen atoms in total. The predicted molar refractivity (Wildman–Crippen MR) is 109 cm³/mol. The normalized spacial score (nSPS) is 11.8. The third kappa shape index (κ3) is 4.61. The molecule has 140 valence electrons. The smallest absolute Gasteiger partial charge is 0.211 e. The number of rotatable bonds is 8. The highest BCUT2D eigenvalue weighted by atomic mass is 35.5. The van der Waals surface area contributed by atoms with Crippen molar-refractivity contribution in [1.82, 2.24) is 19.3 Å². The molecule has 0 amide bonds. The first-order valence-corrected chi connectivity index (χ1v) is 10.5. The minimum absolute atomic E-state index is 0.110. The van der Waals surface area contributed by atoms with E-state index in [0.717, 1.165) is 5.56 Å². The summed E-state index contributed by atoms with van der Waals surface area (Å²) in [5.41, 5.74) is 2.36. The Hall–Kier alpha value is -2.10. The fraction of sp³-hybridized carbons (Fsp3) is 0.294. The average molecular weight is 404 g/mol. The standard InChI is InChI=1S/C17H19BClN5O2S/c1-2-9-27(25,26)22-8-7-20-16-10-15(12-5-3-4-6-14(12)19)23-17-13(18)11-21-24(16)17/h3-6,10-11,20,22H,2,7-9H2,1H3. The molecule has 2 radical (unpaired) electrons. The van der Waals surface area contributed by atoms with Gasteiger partial charge in [0.05, 0.1) is 11.4 Å². The van der Waals surface area contributed by atoms with Crippen molar-refractivity contribution in [3.63, 3.8) is 0 Å². The predicted octanol–water partition coefficient (Wildman–Crippen LogP) is 1.58. The number of hydrogen-bond donors (Lipinski definition) is 2. The molecule has 0 spiro atoms. The van der Waals surface area contributed by atoms with Crippen LogP contribution in [-0.2, 0) is 10.0 Å². The van der Waals surface area contributed by atoms with Gasteiger partial charge in [-0.3, -0.25) is 0 Å². The molecule has 0 fully saturated rings. The zero-order valence-corrected chi connectivity index (χ0v) is 16.4. The number of benzene rings is 1. The molecule has 3 aromatic rings. The summed E-state index contributed by atoms with van der Waals surface area (Å²) in [5.74, 6) is 0.750. The van der Waals surface area contributed by atoms with Crippen LogP contribution >= 0.6 is 11.6 Å². The zero-order valence-electron chi connectivity index (χ0n) is 14.8. The van der Waals surface area contributed by atoms with E-state index >= 15 is 0 Å². The summed E-state index contributed by atoms with van der Waals surface area (Å²) in [6.45, 7) is 2.46. The lowest BCUT2D eigenvalue weighted by Crippen LogP contribution is -2.31. The molecule has 0 aliphatic rings. The molecular formula is C17H19BClN5O2S. The second-order valence-electron chi connectivity index (χ2n) is 5.98.